The van der Waals surface area contributed by atoms with Crippen molar-refractivity contribution in [3.8, 4) is 0 Å². The smallest absolute Gasteiger partial charge is 0.173 e. The zero-order valence-electron chi connectivity index (χ0n) is 7.35. The van der Waals surface area contributed by atoms with Crippen molar-refractivity contribution in [2.45, 2.75) is 38.4 Å². The van der Waals surface area contributed by atoms with Crippen LogP contribution in [0, 0.1) is 5.41 Å². The van der Waals surface area contributed by atoms with Gasteiger partial charge in [-0.15, -0.1) is 0 Å². The zero-order chi connectivity index (χ0) is 7.95. The minimum absolute atomic E-state index is 0.215. The van der Waals surface area contributed by atoms with Gasteiger partial charge in [-0.2, -0.15) is 0 Å². The molecule has 2 nitrogen and oxygen atoms in total. The van der Waals surface area contributed by atoms with Crippen LogP contribution in [-0.4, -0.2) is 19.5 Å². The monoisotopic (exact) mass is 156 g/mol. The van der Waals surface area contributed by atoms with Crippen molar-refractivity contribution >= 4 is 0 Å². The molecular weight excluding hydrogens is 140 g/mol. The highest BCUT2D eigenvalue weighted by molar-refractivity contribution is 4.99. The SMILES string of the molecule is COC12CCCC1(C)CCO2. The largest absolute Gasteiger partial charge is 0.353 e. The summed E-state index contributed by atoms with van der Waals surface area (Å²) in [6.45, 7) is 3.17. The van der Waals surface area contributed by atoms with E-state index in [1.807, 2.05) is 0 Å². The van der Waals surface area contributed by atoms with Gasteiger partial charge in [-0.1, -0.05) is 6.92 Å². The molecule has 2 unspecified atom stereocenters. The van der Waals surface area contributed by atoms with Crippen molar-refractivity contribution in [1.82, 2.24) is 0 Å². The molecule has 2 aliphatic rings. The molecule has 0 aromatic rings. The highest BCUT2D eigenvalue weighted by Gasteiger charge is 2.56. The minimum atomic E-state index is -0.215. The van der Waals surface area contributed by atoms with E-state index in [0.29, 0.717) is 5.41 Å². The fourth-order valence-corrected chi connectivity index (χ4v) is 2.61. The molecular formula is C9H16O2. The van der Waals surface area contributed by atoms with Crippen molar-refractivity contribution in [1.29, 1.82) is 0 Å². The highest BCUT2D eigenvalue weighted by Crippen LogP contribution is 2.55. The van der Waals surface area contributed by atoms with Gasteiger partial charge in [0.2, 0.25) is 0 Å². The van der Waals surface area contributed by atoms with Gasteiger partial charge >= 0.3 is 0 Å². The van der Waals surface area contributed by atoms with Crippen LogP contribution >= 0.6 is 0 Å². The number of rotatable bonds is 1. The molecule has 0 aromatic carbocycles. The highest BCUT2D eigenvalue weighted by atomic mass is 16.7. The number of ether oxygens (including phenoxy) is 2. The van der Waals surface area contributed by atoms with Crippen LogP contribution in [0.4, 0.5) is 0 Å². The molecule has 2 rings (SSSR count). The molecule has 64 valence electrons. The standard InChI is InChI=1S/C9H16O2/c1-8-4-3-5-9(8,10-2)11-7-6-8/h3-7H2,1-2H3. The lowest BCUT2D eigenvalue weighted by Crippen LogP contribution is -2.40. The number of hydrogen-bond donors (Lipinski definition) is 0. The summed E-state index contributed by atoms with van der Waals surface area (Å²) in [5, 5.41) is 0. The first-order chi connectivity index (χ1) is 5.22. The summed E-state index contributed by atoms with van der Waals surface area (Å²) in [7, 11) is 1.77. The maximum Gasteiger partial charge on any atom is 0.173 e. The second-order valence-electron chi connectivity index (χ2n) is 3.97. The number of hydrogen-bond acceptors (Lipinski definition) is 2. The Labute approximate surface area is 67.9 Å². The van der Waals surface area contributed by atoms with Crippen LogP contribution < -0.4 is 0 Å². The Bertz CT molecular complexity index is 155. The fourth-order valence-electron chi connectivity index (χ4n) is 2.61. The summed E-state index contributed by atoms with van der Waals surface area (Å²) in [6, 6.07) is 0. The third-order valence-corrected chi connectivity index (χ3v) is 3.47. The van der Waals surface area contributed by atoms with Crippen molar-refractivity contribution in [2.24, 2.45) is 5.41 Å². The molecule has 1 saturated carbocycles. The second-order valence-corrected chi connectivity index (χ2v) is 3.97. The summed E-state index contributed by atoms with van der Waals surface area (Å²) in [6.07, 6.45) is 4.77. The second kappa shape index (κ2) is 2.20. The zero-order valence-corrected chi connectivity index (χ0v) is 7.35. The van der Waals surface area contributed by atoms with Gasteiger partial charge in [0, 0.05) is 18.9 Å². The van der Waals surface area contributed by atoms with Crippen molar-refractivity contribution in [3.63, 3.8) is 0 Å². The van der Waals surface area contributed by atoms with Crippen molar-refractivity contribution < 1.29 is 9.47 Å². The lowest BCUT2D eigenvalue weighted by atomic mass is 9.83. The number of fused-ring (bicyclic) bond motifs is 1. The van der Waals surface area contributed by atoms with Gasteiger partial charge in [0.05, 0.1) is 6.61 Å². The van der Waals surface area contributed by atoms with Crippen LogP contribution in [0.25, 0.3) is 0 Å². The third kappa shape index (κ3) is 0.798. The van der Waals surface area contributed by atoms with E-state index < -0.39 is 0 Å². The predicted molar refractivity (Wildman–Crippen MR) is 42.3 cm³/mol. The van der Waals surface area contributed by atoms with Crippen LogP contribution in [0.1, 0.15) is 32.6 Å². The molecule has 1 heterocycles. The van der Waals surface area contributed by atoms with E-state index in [1.165, 1.54) is 19.3 Å². The van der Waals surface area contributed by atoms with E-state index >= 15 is 0 Å². The molecule has 0 spiro atoms. The Morgan fingerprint density at radius 3 is 2.73 bits per heavy atom. The Balaban J connectivity index is 2.28. The molecule has 0 radical (unpaired) electrons. The van der Waals surface area contributed by atoms with Gasteiger partial charge in [0.15, 0.2) is 5.79 Å². The van der Waals surface area contributed by atoms with E-state index in [4.69, 9.17) is 9.47 Å². The molecule has 11 heavy (non-hydrogen) atoms. The predicted octanol–water partition coefficient (Wildman–Crippen LogP) is 1.94. The van der Waals surface area contributed by atoms with Crippen molar-refractivity contribution in [3.05, 3.63) is 0 Å². The Morgan fingerprint density at radius 2 is 2.09 bits per heavy atom. The van der Waals surface area contributed by atoms with E-state index in [9.17, 15) is 0 Å². The summed E-state index contributed by atoms with van der Waals surface area (Å²) in [4.78, 5) is 0. The van der Waals surface area contributed by atoms with Crippen LogP contribution in [0.5, 0.6) is 0 Å². The first kappa shape index (κ1) is 7.56. The Hall–Kier alpha value is -0.0800. The van der Waals surface area contributed by atoms with Crippen molar-refractivity contribution in [2.75, 3.05) is 13.7 Å². The van der Waals surface area contributed by atoms with Crippen LogP contribution in [-0.2, 0) is 9.47 Å². The van der Waals surface area contributed by atoms with Gasteiger partial charge in [-0.05, 0) is 19.3 Å². The average molecular weight is 156 g/mol. The van der Waals surface area contributed by atoms with Crippen LogP contribution in [0.3, 0.4) is 0 Å². The Kier molecular flexibility index (Phi) is 1.52. The summed E-state index contributed by atoms with van der Waals surface area (Å²) >= 11 is 0. The summed E-state index contributed by atoms with van der Waals surface area (Å²) in [5.74, 6) is -0.215. The van der Waals surface area contributed by atoms with E-state index in [2.05, 4.69) is 6.92 Å². The molecule has 1 saturated heterocycles. The molecule has 0 bridgehead atoms. The maximum atomic E-state index is 5.69. The quantitative estimate of drug-likeness (QED) is 0.577. The fraction of sp³-hybridized carbons (Fsp3) is 1.00. The molecule has 1 aliphatic heterocycles. The molecule has 2 heteroatoms. The minimum Gasteiger partial charge on any atom is -0.353 e. The average Bonchev–Trinajstić information content (AvgIpc) is 2.41. The molecule has 0 N–H and O–H groups in total. The molecule has 2 atom stereocenters. The third-order valence-electron chi connectivity index (χ3n) is 3.47. The summed E-state index contributed by atoms with van der Waals surface area (Å²) < 4.78 is 11.2. The van der Waals surface area contributed by atoms with Gasteiger partial charge in [-0.3, -0.25) is 0 Å². The van der Waals surface area contributed by atoms with Crippen LogP contribution in [0.2, 0.25) is 0 Å². The van der Waals surface area contributed by atoms with E-state index in [1.54, 1.807) is 7.11 Å². The molecule has 1 aliphatic carbocycles. The van der Waals surface area contributed by atoms with Crippen LogP contribution in [0.15, 0.2) is 0 Å². The van der Waals surface area contributed by atoms with Gasteiger partial charge in [0.25, 0.3) is 0 Å². The topological polar surface area (TPSA) is 18.5 Å². The first-order valence-electron chi connectivity index (χ1n) is 4.42. The Morgan fingerprint density at radius 1 is 1.27 bits per heavy atom. The lowest BCUT2D eigenvalue weighted by Gasteiger charge is -2.34. The van der Waals surface area contributed by atoms with E-state index in [0.717, 1.165) is 13.0 Å². The van der Waals surface area contributed by atoms with E-state index in [-0.39, 0.29) is 5.79 Å². The molecule has 2 fully saturated rings. The van der Waals surface area contributed by atoms with Gasteiger partial charge < -0.3 is 9.47 Å². The molecule has 0 aromatic heterocycles. The summed E-state index contributed by atoms with van der Waals surface area (Å²) in [5.41, 5.74) is 0.307. The van der Waals surface area contributed by atoms with Gasteiger partial charge in [-0.25, -0.2) is 0 Å². The number of methoxy groups -OCH3 is 1. The molecule has 0 amide bonds. The normalized spacial score (nSPS) is 49.6. The van der Waals surface area contributed by atoms with Gasteiger partial charge in [0.1, 0.15) is 0 Å². The maximum absolute atomic E-state index is 5.69. The lowest BCUT2D eigenvalue weighted by molar-refractivity contribution is -0.227. The first-order valence-corrected chi connectivity index (χ1v) is 4.42.